The summed E-state index contributed by atoms with van der Waals surface area (Å²) in [4.78, 5) is 21.4. The normalized spacial score (nSPS) is 15.3. The predicted octanol–water partition coefficient (Wildman–Crippen LogP) is 5.90. The van der Waals surface area contributed by atoms with E-state index in [0.717, 1.165) is 41.9 Å². The average molecular weight is 473 g/mol. The lowest BCUT2D eigenvalue weighted by molar-refractivity contribution is -0.131. The van der Waals surface area contributed by atoms with Gasteiger partial charge in [-0.25, -0.2) is 4.98 Å². The minimum Gasteiger partial charge on any atom is -0.335 e. The van der Waals surface area contributed by atoms with Crippen LogP contribution in [0.15, 0.2) is 77.3 Å². The quantitative estimate of drug-likeness (QED) is 0.327. The highest BCUT2D eigenvalue weighted by Gasteiger charge is 2.30. The van der Waals surface area contributed by atoms with Crippen molar-refractivity contribution in [3.63, 3.8) is 0 Å². The smallest absolute Gasteiger partial charge is 0.233 e. The second kappa shape index (κ2) is 9.85. The molecule has 0 radical (unpaired) electrons. The molecule has 1 aliphatic heterocycles. The first-order valence-corrected chi connectivity index (χ1v) is 12.9. The van der Waals surface area contributed by atoms with E-state index in [1.807, 2.05) is 65.6 Å². The van der Waals surface area contributed by atoms with Crippen molar-refractivity contribution >= 4 is 29.0 Å². The molecule has 0 spiro atoms. The van der Waals surface area contributed by atoms with E-state index >= 15 is 0 Å². The van der Waals surface area contributed by atoms with Gasteiger partial charge >= 0.3 is 0 Å². The number of hydrogen-bond donors (Lipinski definition) is 0. The van der Waals surface area contributed by atoms with Gasteiger partial charge in [-0.05, 0) is 29.9 Å². The summed E-state index contributed by atoms with van der Waals surface area (Å²) >= 11 is 3.15. The van der Waals surface area contributed by atoms with Crippen molar-refractivity contribution in [1.82, 2.24) is 20.1 Å². The number of hydrogen-bond acceptors (Lipinski definition) is 6. The average Bonchev–Trinajstić information content (AvgIpc) is 3.36. The molecule has 0 aliphatic carbocycles. The topological polar surface area (TPSA) is 59.0 Å². The predicted molar refractivity (Wildman–Crippen MR) is 134 cm³/mol. The molecule has 0 saturated carbocycles. The van der Waals surface area contributed by atoms with Crippen LogP contribution in [0, 0.1) is 0 Å². The number of carbonyl (C=O) groups is 1. The van der Waals surface area contributed by atoms with Crippen LogP contribution >= 0.6 is 23.1 Å². The summed E-state index contributed by atoms with van der Waals surface area (Å²) in [6.07, 6.45) is 1.85. The van der Waals surface area contributed by atoms with Crippen LogP contribution in [-0.4, -0.2) is 38.3 Å². The first-order valence-electron chi connectivity index (χ1n) is 11.1. The number of amides is 1. The minimum atomic E-state index is 0.126. The molecule has 1 unspecified atom stereocenters. The van der Waals surface area contributed by atoms with Gasteiger partial charge in [0.25, 0.3) is 0 Å². The third-order valence-corrected chi connectivity index (χ3v) is 7.71. The summed E-state index contributed by atoms with van der Waals surface area (Å²) in [5.41, 5.74) is 4.77. The van der Waals surface area contributed by atoms with E-state index in [1.54, 1.807) is 11.3 Å². The largest absolute Gasteiger partial charge is 0.335 e. The van der Waals surface area contributed by atoms with Crippen LogP contribution in [0.2, 0.25) is 0 Å². The number of fused-ring (bicyclic) bond motifs is 1. The van der Waals surface area contributed by atoms with E-state index in [1.165, 1.54) is 22.2 Å². The van der Waals surface area contributed by atoms with Crippen LogP contribution in [-0.2, 0) is 11.2 Å². The number of nitrogens with zero attached hydrogens (tertiary/aromatic N) is 4. The summed E-state index contributed by atoms with van der Waals surface area (Å²) in [7, 11) is 0. The van der Waals surface area contributed by atoms with Gasteiger partial charge in [0.15, 0.2) is 0 Å². The Morgan fingerprint density at radius 2 is 1.70 bits per heavy atom. The number of carbonyl (C=O) groups excluding carboxylic acids is 1. The molecule has 4 aromatic rings. The number of thioether (sulfide) groups is 1. The molecule has 1 atom stereocenters. The molecule has 1 amide bonds. The van der Waals surface area contributed by atoms with Gasteiger partial charge in [-0.2, -0.15) is 0 Å². The Morgan fingerprint density at radius 3 is 2.39 bits per heavy atom. The SMILES string of the molecule is CCC1c2ccsc2CCN1C(=O)CSc1nnc(-c2ccccc2)c(-c2ccccc2)n1. The number of rotatable bonds is 6. The summed E-state index contributed by atoms with van der Waals surface area (Å²) in [5.74, 6) is 0.428. The van der Waals surface area contributed by atoms with Crippen molar-refractivity contribution in [2.75, 3.05) is 12.3 Å². The maximum atomic E-state index is 13.1. The Labute approximate surface area is 201 Å². The Morgan fingerprint density at radius 1 is 1.00 bits per heavy atom. The van der Waals surface area contributed by atoms with Crippen molar-refractivity contribution in [3.8, 4) is 22.5 Å². The molecule has 5 rings (SSSR count). The monoisotopic (exact) mass is 472 g/mol. The third-order valence-electron chi connectivity index (χ3n) is 5.89. The van der Waals surface area contributed by atoms with Gasteiger partial charge in [-0.1, -0.05) is 79.3 Å². The molecule has 5 nitrogen and oxygen atoms in total. The van der Waals surface area contributed by atoms with Crippen molar-refractivity contribution in [1.29, 1.82) is 0 Å². The molecular formula is C26H24N4OS2. The molecule has 33 heavy (non-hydrogen) atoms. The molecular weight excluding hydrogens is 448 g/mol. The fourth-order valence-electron chi connectivity index (χ4n) is 4.30. The van der Waals surface area contributed by atoms with Crippen molar-refractivity contribution in [2.45, 2.75) is 31.0 Å². The Bertz CT molecular complexity index is 1240. The molecule has 0 fully saturated rings. The first-order chi connectivity index (χ1) is 16.2. The Kier molecular flexibility index (Phi) is 6.51. The zero-order chi connectivity index (χ0) is 22.6. The molecule has 3 heterocycles. The lowest BCUT2D eigenvalue weighted by Crippen LogP contribution is -2.40. The number of benzene rings is 2. The van der Waals surface area contributed by atoms with Crippen LogP contribution in [0.3, 0.4) is 0 Å². The summed E-state index contributed by atoms with van der Waals surface area (Å²) in [6.45, 7) is 2.92. The third kappa shape index (κ3) is 4.56. The standard InChI is InChI=1S/C26H24N4OS2/c1-2-21-20-14-16-32-22(20)13-15-30(21)23(31)17-33-26-27-24(18-9-5-3-6-10-18)25(28-29-26)19-11-7-4-8-12-19/h3-12,14,16,21H,2,13,15,17H2,1H3. The number of thiophene rings is 1. The van der Waals surface area contributed by atoms with Gasteiger partial charge in [-0.3, -0.25) is 4.79 Å². The van der Waals surface area contributed by atoms with E-state index in [9.17, 15) is 4.79 Å². The molecule has 0 bridgehead atoms. The van der Waals surface area contributed by atoms with Crippen LogP contribution in [0.25, 0.3) is 22.5 Å². The zero-order valence-electron chi connectivity index (χ0n) is 18.3. The summed E-state index contributed by atoms with van der Waals surface area (Å²) < 4.78 is 0. The van der Waals surface area contributed by atoms with Gasteiger partial charge in [0, 0.05) is 22.5 Å². The van der Waals surface area contributed by atoms with Crippen LogP contribution in [0.5, 0.6) is 0 Å². The van der Waals surface area contributed by atoms with Gasteiger partial charge in [-0.15, -0.1) is 21.5 Å². The molecule has 166 valence electrons. The van der Waals surface area contributed by atoms with E-state index in [0.29, 0.717) is 10.9 Å². The molecule has 0 N–H and O–H groups in total. The zero-order valence-corrected chi connectivity index (χ0v) is 20.0. The van der Waals surface area contributed by atoms with Crippen molar-refractivity contribution < 1.29 is 4.79 Å². The highest BCUT2D eigenvalue weighted by atomic mass is 32.2. The van der Waals surface area contributed by atoms with E-state index in [4.69, 9.17) is 4.98 Å². The van der Waals surface area contributed by atoms with Gasteiger partial charge in [0.2, 0.25) is 11.1 Å². The Balaban J connectivity index is 1.38. The molecule has 2 aromatic carbocycles. The van der Waals surface area contributed by atoms with Gasteiger partial charge in [0.05, 0.1) is 11.8 Å². The fourth-order valence-corrected chi connectivity index (χ4v) is 5.91. The first kappa shape index (κ1) is 21.8. The maximum absolute atomic E-state index is 13.1. The van der Waals surface area contributed by atoms with Crippen molar-refractivity contribution in [2.24, 2.45) is 0 Å². The van der Waals surface area contributed by atoms with Crippen LogP contribution in [0.4, 0.5) is 0 Å². The van der Waals surface area contributed by atoms with Gasteiger partial charge < -0.3 is 4.90 Å². The van der Waals surface area contributed by atoms with Crippen LogP contribution in [0.1, 0.15) is 29.8 Å². The van der Waals surface area contributed by atoms with E-state index in [-0.39, 0.29) is 11.9 Å². The second-order valence-electron chi connectivity index (χ2n) is 7.87. The summed E-state index contributed by atoms with van der Waals surface area (Å²) in [5, 5.41) is 11.5. The molecule has 7 heteroatoms. The lowest BCUT2D eigenvalue weighted by atomic mass is 9.98. The van der Waals surface area contributed by atoms with Crippen LogP contribution < -0.4 is 0 Å². The molecule has 2 aromatic heterocycles. The lowest BCUT2D eigenvalue weighted by Gasteiger charge is -2.35. The highest BCUT2D eigenvalue weighted by Crippen LogP contribution is 2.36. The highest BCUT2D eigenvalue weighted by molar-refractivity contribution is 7.99. The fraction of sp³-hybridized carbons (Fsp3) is 0.231. The second-order valence-corrected chi connectivity index (χ2v) is 9.82. The molecule has 0 saturated heterocycles. The van der Waals surface area contributed by atoms with Gasteiger partial charge in [0.1, 0.15) is 11.4 Å². The maximum Gasteiger partial charge on any atom is 0.233 e. The molecule has 1 aliphatic rings. The van der Waals surface area contributed by atoms with E-state index < -0.39 is 0 Å². The Hall–Kier alpha value is -3.03. The van der Waals surface area contributed by atoms with Crippen molar-refractivity contribution in [3.05, 3.63) is 82.6 Å². The van der Waals surface area contributed by atoms with E-state index in [2.05, 4.69) is 28.6 Å². The summed E-state index contributed by atoms with van der Waals surface area (Å²) in [6, 6.07) is 22.3. The number of aromatic nitrogens is 3. The minimum absolute atomic E-state index is 0.126.